The Bertz CT molecular complexity index is 1250. The van der Waals surface area contributed by atoms with E-state index >= 15 is 0 Å². The number of aromatic nitrogens is 1. The Morgan fingerprint density at radius 1 is 0.781 bits per heavy atom. The molecular weight excluding hydrogens is 430 g/mol. The van der Waals surface area contributed by atoms with Crippen LogP contribution in [0.5, 0.6) is 11.5 Å². The maximum atomic E-state index is 6.39. The maximum absolute atomic E-state index is 6.39. The van der Waals surface area contributed by atoms with E-state index in [1.54, 1.807) is 0 Å². The van der Waals surface area contributed by atoms with Crippen molar-refractivity contribution in [2.24, 2.45) is 7.05 Å². The van der Waals surface area contributed by atoms with Gasteiger partial charge in [-0.25, -0.2) is 0 Å². The topological polar surface area (TPSA) is 22.3 Å². The zero-order valence-corrected chi connectivity index (χ0v) is 21.4. The molecule has 0 aliphatic rings. The number of fused-ring (bicyclic) bond motifs is 2. The van der Waals surface area contributed by atoms with Crippen molar-refractivity contribution in [3.05, 3.63) is 78.4 Å². The lowest BCUT2D eigenvalue weighted by atomic mass is 10.0. The van der Waals surface area contributed by atoms with Crippen LogP contribution in [0.2, 0.25) is 18.1 Å². The number of benzene rings is 3. The molecule has 3 nitrogen and oxygen atoms in total. The predicted octanol–water partition coefficient (Wildman–Crippen LogP) is 6.96. The third-order valence-corrected chi connectivity index (χ3v) is 11.1. The summed E-state index contributed by atoms with van der Waals surface area (Å²) in [7, 11) is 0.200. The summed E-state index contributed by atoms with van der Waals surface area (Å²) >= 11 is 5.81. The lowest BCUT2D eigenvalue weighted by Gasteiger charge is -2.36. The fraction of sp³-hybridized carbons (Fsp3) is 0.259. The van der Waals surface area contributed by atoms with E-state index in [-0.39, 0.29) is 5.04 Å². The Kier molecular flexibility index (Phi) is 5.82. The van der Waals surface area contributed by atoms with Gasteiger partial charge in [-0.3, -0.25) is 0 Å². The minimum absolute atomic E-state index is 0.148. The second kappa shape index (κ2) is 8.30. The highest BCUT2D eigenvalue weighted by molar-refractivity contribution is 7.80. The summed E-state index contributed by atoms with van der Waals surface area (Å²) in [6, 6.07) is 24.4. The highest BCUT2D eigenvalue weighted by Gasteiger charge is 2.38. The molecule has 3 aromatic carbocycles. The second-order valence-corrected chi connectivity index (χ2v) is 14.8. The molecule has 0 amide bonds. The van der Waals surface area contributed by atoms with Crippen molar-refractivity contribution in [1.82, 2.24) is 0 Å². The molecule has 0 fully saturated rings. The first kappa shape index (κ1) is 22.4. The first-order valence-corrected chi connectivity index (χ1v) is 14.2. The van der Waals surface area contributed by atoms with E-state index in [9.17, 15) is 0 Å². The van der Waals surface area contributed by atoms with Gasteiger partial charge < -0.3 is 9.16 Å². The molecule has 0 radical (unpaired) electrons. The molecule has 1 aromatic heterocycles. The Hall–Kier alpha value is -2.76. The lowest BCUT2D eigenvalue weighted by Crippen LogP contribution is -2.43. The van der Waals surface area contributed by atoms with Crippen LogP contribution < -0.4 is 13.7 Å². The van der Waals surface area contributed by atoms with Crippen molar-refractivity contribution in [1.29, 1.82) is 0 Å². The lowest BCUT2D eigenvalue weighted by molar-refractivity contribution is -0.617. The molecule has 5 heteroatoms. The van der Waals surface area contributed by atoms with Gasteiger partial charge in [0.05, 0.1) is 16.3 Å². The van der Waals surface area contributed by atoms with E-state index in [0.717, 1.165) is 33.1 Å². The molecule has 0 atom stereocenters. The Morgan fingerprint density at radius 2 is 1.25 bits per heavy atom. The van der Waals surface area contributed by atoms with Crippen LogP contribution in [-0.2, 0) is 7.05 Å². The molecule has 4 aromatic rings. The Labute approximate surface area is 196 Å². The van der Waals surface area contributed by atoms with Gasteiger partial charge in [-0.05, 0) is 66.7 Å². The fourth-order valence-electron chi connectivity index (χ4n) is 3.63. The molecule has 0 unspecified atom stereocenters. The molecule has 4 rings (SSSR count). The molecule has 32 heavy (non-hydrogen) atoms. The zero-order valence-electron chi connectivity index (χ0n) is 19.6. The van der Waals surface area contributed by atoms with Gasteiger partial charge in [0.1, 0.15) is 18.5 Å². The van der Waals surface area contributed by atoms with E-state index in [1.807, 2.05) is 48.5 Å². The smallest absolute Gasteiger partial charge is 0.250 e. The van der Waals surface area contributed by atoms with E-state index in [2.05, 4.69) is 69.7 Å². The van der Waals surface area contributed by atoms with Crippen LogP contribution in [0.3, 0.4) is 0 Å². The molecule has 0 bridgehead atoms. The Balaban J connectivity index is 1.67. The molecule has 0 saturated heterocycles. The van der Waals surface area contributed by atoms with E-state index < -0.39 is 8.32 Å². The SMILES string of the molecule is C[n+]1c2ccccc2c(C(=S)Oc2ccc(O[Si](C)(C)C(C)(C)C)cc2)c2ccccc21. The fourth-order valence-corrected chi connectivity index (χ4v) is 4.98. The van der Waals surface area contributed by atoms with Crippen LogP contribution in [0.25, 0.3) is 21.8 Å². The van der Waals surface area contributed by atoms with Gasteiger partial charge in [-0.15, -0.1) is 0 Å². The average Bonchev–Trinajstić information content (AvgIpc) is 2.74. The Morgan fingerprint density at radius 3 is 1.75 bits per heavy atom. The summed E-state index contributed by atoms with van der Waals surface area (Å²) in [5.41, 5.74) is 3.18. The van der Waals surface area contributed by atoms with Gasteiger partial charge in [0, 0.05) is 12.1 Å². The number of ether oxygens (including phenoxy) is 1. The molecule has 0 aliphatic heterocycles. The molecule has 164 valence electrons. The number of hydrogen-bond donors (Lipinski definition) is 0. The van der Waals surface area contributed by atoms with Crippen molar-refractivity contribution >= 4 is 47.4 Å². The van der Waals surface area contributed by atoms with Crippen LogP contribution >= 0.6 is 12.2 Å². The van der Waals surface area contributed by atoms with Gasteiger partial charge in [-0.1, -0.05) is 45.0 Å². The summed E-state index contributed by atoms with van der Waals surface area (Å²) in [4.78, 5) is 0. The summed E-state index contributed by atoms with van der Waals surface area (Å²) < 4.78 is 14.8. The van der Waals surface area contributed by atoms with Crippen LogP contribution in [0.4, 0.5) is 0 Å². The van der Waals surface area contributed by atoms with Gasteiger partial charge in [0.2, 0.25) is 19.4 Å². The average molecular weight is 461 g/mol. The third-order valence-electron chi connectivity index (χ3n) is 6.49. The quantitative estimate of drug-likeness (QED) is 0.142. The number of pyridine rings is 1. The van der Waals surface area contributed by atoms with Crippen LogP contribution in [0.1, 0.15) is 26.3 Å². The minimum Gasteiger partial charge on any atom is -0.543 e. The number of thiocarbonyl (C=S) groups is 1. The van der Waals surface area contributed by atoms with Crippen LogP contribution in [0.15, 0.2) is 72.8 Å². The molecule has 0 saturated carbocycles. The van der Waals surface area contributed by atoms with Crippen molar-refractivity contribution in [3.63, 3.8) is 0 Å². The largest absolute Gasteiger partial charge is 0.543 e. The second-order valence-electron chi connectivity index (χ2n) is 9.69. The van der Waals surface area contributed by atoms with Crippen molar-refractivity contribution < 1.29 is 13.7 Å². The number of para-hydroxylation sites is 2. The minimum atomic E-state index is -1.88. The highest BCUT2D eigenvalue weighted by Crippen LogP contribution is 2.37. The summed E-state index contributed by atoms with van der Waals surface area (Å²) in [5.74, 6) is 1.58. The van der Waals surface area contributed by atoms with Gasteiger partial charge in [0.25, 0.3) is 0 Å². The third kappa shape index (κ3) is 4.15. The standard InChI is InChI=1S/C27H30NO2SSi/c1-27(2,3)32(5,6)30-20-17-15-19(16-18-20)29-26(31)25-21-11-7-9-13-23(21)28(4)24-14-10-8-12-22(24)25/h7-18H,1-6H3/q+1. The van der Waals surface area contributed by atoms with Crippen molar-refractivity contribution in [2.75, 3.05) is 0 Å². The van der Waals surface area contributed by atoms with Crippen LogP contribution in [0, 0.1) is 0 Å². The normalized spacial score (nSPS) is 12.2. The van der Waals surface area contributed by atoms with Crippen LogP contribution in [-0.4, -0.2) is 13.4 Å². The maximum Gasteiger partial charge on any atom is 0.250 e. The monoisotopic (exact) mass is 460 g/mol. The van der Waals surface area contributed by atoms with Crippen molar-refractivity contribution in [2.45, 2.75) is 38.9 Å². The molecular formula is C27H30NO2SSi+. The van der Waals surface area contributed by atoms with E-state index in [4.69, 9.17) is 21.4 Å². The number of nitrogens with zero attached hydrogens (tertiary/aromatic N) is 1. The summed E-state index contributed by atoms with van der Waals surface area (Å²) in [5, 5.41) is 2.78. The predicted molar refractivity (Wildman–Crippen MR) is 139 cm³/mol. The molecule has 0 spiro atoms. The number of rotatable bonds is 4. The summed E-state index contributed by atoms with van der Waals surface area (Å²) in [6.45, 7) is 11.2. The van der Waals surface area contributed by atoms with E-state index in [0.29, 0.717) is 10.8 Å². The highest BCUT2D eigenvalue weighted by atomic mass is 32.1. The molecule has 0 aliphatic carbocycles. The van der Waals surface area contributed by atoms with Gasteiger partial charge >= 0.3 is 0 Å². The first-order valence-electron chi connectivity index (χ1n) is 10.9. The van der Waals surface area contributed by atoms with Gasteiger partial charge in [-0.2, -0.15) is 4.57 Å². The van der Waals surface area contributed by atoms with Gasteiger partial charge in [0.15, 0.2) is 5.05 Å². The molecule has 1 heterocycles. The zero-order chi connectivity index (χ0) is 23.1. The molecule has 0 N–H and O–H groups in total. The van der Waals surface area contributed by atoms with E-state index in [1.165, 1.54) is 0 Å². The summed E-state index contributed by atoms with van der Waals surface area (Å²) in [6.07, 6.45) is 0. The first-order chi connectivity index (χ1) is 15.1. The van der Waals surface area contributed by atoms with Crippen molar-refractivity contribution in [3.8, 4) is 11.5 Å². The number of hydrogen-bond acceptors (Lipinski definition) is 3. The number of aryl methyl sites for hydroxylation is 1.